The van der Waals surface area contributed by atoms with Crippen LogP contribution in [-0.4, -0.2) is 292 Å². The van der Waals surface area contributed by atoms with Crippen LogP contribution in [0.3, 0.4) is 0 Å². The van der Waals surface area contributed by atoms with Gasteiger partial charge in [-0.1, -0.05) is 0 Å². The summed E-state index contributed by atoms with van der Waals surface area (Å²) in [6.45, 7) is 25.8. The molecule has 44 nitrogen and oxygen atoms in total. The molecule has 7 saturated heterocycles. The molecule has 10 N–H and O–H groups in total. The second kappa shape index (κ2) is 50.3. The fraction of sp³-hybridized carbons (Fsp3) is 0.411. The van der Waals surface area contributed by atoms with Gasteiger partial charge in [-0.15, -0.1) is 24.8 Å². The number of carbonyl (C=O) groups excluding carboxylic acids is 21. The molecule has 16 rings (SSSR count). The number of piperidine rings is 4. The molecule has 5 aromatic carbocycles. The van der Waals surface area contributed by atoms with E-state index in [9.17, 15) is 123 Å². The number of carboxylic acid groups (broad SMARTS) is 2. The highest BCUT2D eigenvalue weighted by Crippen LogP contribution is 2.35. The number of amides is 16. The highest BCUT2D eigenvalue weighted by molar-refractivity contribution is 6.26. The molecule has 5 aromatic rings. The third-order valence-corrected chi connectivity index (χ3v) is 20.8. The molecule has 11 aliphatic rings. The van der Waals surface area contributed by atoms with Crippen molar-refractivity contribution in [3.8, 4) is 0 Å². The molecule has 0 bridgehead atoms. The van der Waals surface area contributed by atoms with Gasteiger partial charge in [-0.3, -0.25) is 117 Å². The lowest BCUT2D eigenvalue weighted by molar-refractivity contribution is -0.156. The highest BCUT2D eigenvalue weighted by atomic mass is 35.5. The Morgan fingerprint density at radius 1 is 0.396 bits per heavy atom. The number of anilines is 2. The number of nitrogens with one attached hydrogen (secondary N) is 6. The summed E-state index contributed by atoms with van der Waals surface area (Å²) in [5, 5.41) is 32.1. The van der Waals surface area contributed by atoms with Crippen molar-refractivity contribution >= 4 is 173 Å². The van der Waals surface area contributed by atoms with Gasteiger partial charge in [-0.2, -0.15) is 0 Å². The summed E-state index contributed by atoms with van der Waals surface area (Å²) in [6.07, 6.45) is 0.915. The minimum atomic E-state index is -1.46. The third kappa shape index (κ3) is 31.1. The molecule has 49 heteroatoms. The fourth-order valence-corrected chi connectivity index (χ4v) is 14.4. The van der Waals surface area contributed by atoms with E-state index in [1.807, 2.05) is 52.5 Å². The van der Waals surface area contributed by atoms with E-state index in [0.717, 1.165) is 115 Å². The number of fused-ring (bicyclic) bond motifs is 4. The van der Waals surface area contributed by atoms with Crippen LogP contribution in [0.25, 0.3) is 0 Å². The predicted octanol–water partition coefficient (Wildman–Crippen LogP) is 4.31. The second-order valence-electron chi connectivity index (χ2n) is 33.1. The van der Waals surface area contributed by atoms with Gasteiger partial charge in [0.05, 0.1) is 68.3 Å². The first kappa shape index (κ1) is 113. The van der Waals surface area contributed by atoms with E-state index in [0.29, 0.717) is 62.8 Å². The standard InChI is InChI=1S/C22H26N4O6.C17H18N4O4.C13H9FN2O4.C9H18N2O2.C8H5FO4.C8H3FO3.C5H8N2O2.C4H6O3.C4H8O2.2ClH/c1-22(2,3)32-21(31)25-10-8-24(9-11-25)13-4-5-14-15(12-13)20(30)26(19(14)29)16-6-7-17(27)23-18(16)28;22-14-4-3-13(15(23)19-14)21-16(24)11-2-1-10(9-12(11)17(21)25)20-7-5-18-6-8-20;14-6-1-2-7-8(5-6)13(20)16(12(7)19)9-3-4-10(17)15-11(9)18;1-9(2,3)13-8(12)11-6-4-10-5-7-11;9-4-1-2-5(7(10)11)6(3-4)8(12)13;9-4-1-2-5-6(3-4)8(11)12-7(5)10;6-3-1-2-4(8)7-5(3)9;1-3(5)7-4(2)6;1-3-6-4(2)5;;/h4-5,12,16H,6-11H2,1-3H3,(H,23,27,28);1-2,9,13,18H,3-8H2,(H,19,22,23);1-2,5,9H,3-4H2,(H,15,17,18);10H,4-7H2,1-3H3;1-3H,(H,10,11)(H,12,13);1-3H;3H,1-2,6H2,(H,7,8,9);1-2H3;3H2,1-2H3;2*1H. The van der Waals surface area contributed by atoms with Gasteiger partial charge in [0.2, 0.25) is 47.3 Å². The van der Waals surface area contributed by atoms with E-state index >= 15 is 0 Å². The number of nitrogens with two attached hydrogens (primary N) is 1. The number of cyclic esters (lactones) is 2. The average Bonchev–Trinajstić information content (AvgIpc) is 1.61. The zero-order chi connectivity index (χ0) is 102. The number of carboxylic acids is 2. The zero-order valence-electron chi connectivity index (χ0n) is 76.8. The number of ether oxygens (including phenoxy) is 5. The minimum Gasteiger partial charge on any atom is -0.478 e. The minimum absolute atomic E-state index is 0. The molecule has 4 atom stereocenters. The number of imide groups is 7. The molecule has 11 aliphatic heterocycles. The van der Waals surface area contributed by atoms with Crippen molar-refractivity contribution in [1.82, 2.24) is 56.4 Å². The molecule has 0 saturated carbocycles. The zero-order valence-corrected chi connectivity index (χ0v) is 78.4. The summed E-state index contributed by atoms with van der Waals surface area (Å²) in [6, 6.07) is 15.9. The Labute approximate surface area is 803 Å². The Hall–Kier alpha value is -14.8. The SMILES string of the molecule is CC(=O)OC(C)=O.CC(C)(C)OC(=O)N1CCN(c2ccc3c(c2)C(=O)N(C2CCC(=O)NC2=O)C3=O)CC1.CC(C)(C)OC(=O)N1CCNCC1.CCOC(C)=O.Cl.Cl.NC1CCC(=O)NC1=O.O=C(O)c1ccc(F)cc1C(=O)O.O=C1CCC(N2C(=O)c3ccc(F)cc3C2=O)C(=O)N1.O=C1CCC(N2C(=O)c3ccc(N4CCNCC4)cc3C2=O)C(=O)N1.O=C1OC(=O)c2cc(F)ccc21. The van der Waals surface area contributed by atoms with Crippen LogP contribution in [0.15, 0.2) is 91.0 Å². The van der Waals surface area contributed by atoms with E-state index in [1.165, 1.54) is 32.9 Å². The Balaban J connectivity index is 0.000000251. The van der Waals surface area contributed by atoms with Crippen molar-refractivity contribution < 1.29 is 157 Å². The fourth-order valence-electron chi connectivity index (χ4n) is 14.4. The topological polar surface area (TPSA) is 600 Å². The molecule has 0 spiro atoms. The molecule has 0 aliphatic carbocycles. The average molecular weight is 1990 g/mol. The number of nitrogens with zero attached hydrogens (tertiary/aromatic N) is 7. The number of aromatic carboxylic acids is 2. The lowest BCUT2D eigenvalue weighted by Gasteiger charge is -2.36. The van der Waals surface area contributed by atoms with Crippen LogP contribution in [0.5, 0.6) is 0 Å². The lowest BCUT2D eigenvalue weighted by Crippen LogP contribution is -2.54. The Morgan fingerprint density at radius 2 is 0.719 bits per heavy atom. The van der Waals surface area contributed by atoms with Crippen molar-refractivity contribution in [3.63, 3.8) is 0 Å². The molecule has 0 radical (unpaired) electrons. The van der Waals surface area contributed by atoms with E-state index < -0.39 is 159 Å². The number of halogens is 5. The lowest BCUT2D eigenvalue weighted by atomic mass is 10.0. The van der Waals surface area contributed by atoms with Crippen LogP contribution in [0.2, 0.25) is 0 Å². The first-order valence-corrected chi connectivity index (χ1v) is 42.7. The predicted molar refractivity (Wildman–Crippen MR) is 481 cm³/mol. The van der Waals surface area contributed by atoms with Gasteiger partial charge in [-0.25, -0.2) is 41.9 Å². The number of hydrogen-bond donors (Lipinski definition) is 9. The van der Waals surface area contributed by atoms with Gasteiger partial charge in [-0.05, 0) is 165 Å². The molecule has 748 valence electrons. The van der Waals surface area contributed by atoms with E-state index in [4.69, 9.17) is 25.4 Å². The Kier molecular flexibility index (Phi) is 40.8. The normalized spacial score (nSPS) is 18.8. The van der Waals surface area contributed by atoms with E-state index in [1.54, 1.807) is 47.1 Å². The number of piperazine rings is 3. The summed E-state index contributed by atoms with van der Waals surface area (Å²) in [5.41, 5.74) is 6.28. The molecule has 4 unspecified atom stereocenters. The first-order valence-electron chi connectivity index (χ1n) is 42.7. The number of benzene rings is 5. The van der Waals surface area contributed by atoms with Gasteiger partial charge >= 0.3 is 54.0 Å². The molecular formula is C90H103Cl2F3N14O30. The summed E-state index contributed by atoms with van der Waals surface area (Å²) in [4.78, 5) is 272. The summed E-state index contributed by atoms with van der Waals surface area (Å²) in [5.74, 6) is -14.7. The van der Waals surface area contributed by atoms with Crippen LogP contribution in [0.4, 0.5) is 34.1 Å². The maximum Gasteiger partial charge on any atom is 0.410 e. The van der Waals surface area contributed by atoms with Gasteiger partial charge < -0.3 is 69.9 Å². The maximum absolute atomic E-state index is 13.2. The van der Waals surface area contributed by atoms with Gasteiger partial charge in [0.15, 0.2) is 0 Å². The molecule has 139 heavy (non-hydrogen) atoms. The molecule has 0 aromatic heterocycles. The van der Waals surface area contributed by atoms with Crippen molar-refractivity contribution in [3.05, 3.63) is 164 Å². The van der Waals surface area contributed by atoms with Crippen LogP contribution in [-0.2, 0) is 76.4 Å². The molecule has 11 heterocycles. The second-order valence-corrected chi connectivity index (χ2v) is 33.1. The smallest absolute Gasteiger partial charge is 0.410 e. The number of esters is 5. The van der Waals surface area contributed by atoms with Crippen molar-refractivity contribution in [2.45, 2.75) is 156 Å². The molecule has 16 amide bonds. The van der Waals surface area contributed by atoms with Crippen LogP contribution in [0, 0.1) is 17.5 Å². The number of rotatable bonds is 8. The van der Waals surface area contributed by atoms with Crippen molar-refractivity contribution in [2.75, 3.05) is 94.9 Å². The maximum atomic E-state index is 13.2. The Morgan fingerprint density at radius 3 is 1.06 bits per heavy atom. The third-order valence-electron chi connectivity index (χ3n) is 20.8. The van der Waals surface area contributed by atoms with Crippen LogP contribution < -0.4 is 47.4 Å². The summed E-state index contributed by atoms with van der Waals surface area (Å²) >= 11 is 0. The van der Waals surface area contributed by atoms with Crippen LogP contribution >= 0.6 is 24.8 Å². The van der Waals surface area contributed by atoms with Crippen molar-refractivity contribution in [1.29, 1.82) is 0 Å². The first-order chi connectivity index (χ1) is 64.4. The van der Waals surface area contributed by atoms with Gasteiger partial charge in [0, 0.05) is 136 Å². The quantitative estimate of drug-likeness (QED) is 0.0452. The largest absolute Gasteiger partial charge is 0.478 e. The highest BCUT2D eigenvalue weighted by Gasteiger charge is 2.49. The summed E-state index contributed by atoms with van der Waals surface area (Å²) in [7, 11) is 0. The summed E-state index contributed by atoms with van der Waals surface area (Å²) < 4.78 is 61.5. The number of carbonyl (C=O) groups is 23. The van der Waals surface area contributed by atoms with E-state index in [2.05, 4.69) is 51.0 Å². The molecular weight excluding hydrogens is 1880 g/mol. The van der Waals surface area contributed by atoms with Crippen LogP contribution in [0.1, 0.15) is 224 Å². The Bertz CT molecular complexity index is 5660. The van der Waals surface area contributed by atoms with Crippen molar-refractivity contribution in [2.24, 2.45) is 5.73 Å². The molecule has 7 fully saturated rings. The van der Waals surface area contributed by atoms with Gasteiger partial charge in [0.1, 0.15) is 46.8 Å². The number of hydrogen-bond acceptors (Lipinski definition) is 33. The van der Waals surface area contributed by atoms with E-state index in [-0.39, 0.29) is 138 Å². The van der Waals surface area contributed by atoms with Gasteiger partial charge in [0.25, 0.3) is 35.4 Å². The monoisotopic (exact) mass is 1990 g/mol.